The summed E-state index contributed by atoms with van der Waals surface area (Å²) in [6, 6.07) is 0. The predicted octanol–water partition coefficient (Wildman–Crippen LogP) is -0.946. The number of hydrogen-bond donors (Lipinski definition) is 3. The lowest BCUT2D eigenvalue weighted by Crippen LogP contribution is -2.30. The van der Waals surface area contributed by atoms with Crippen LogP contribution in [0.3, 0.4) is 0 Å². The van der Waals surface area contributed by atoms with E-state index in [0.717, 1.165) is 18.7 Å². The highest BCUT2D eigenvalue weighted by Gasteiger charge is 2.08. The van der Waals surface area contributed by atoms with Gasteiger partial charge in [0.1, 0.15) is 12.4 Å². The molecule has 11 heteroatoms. The lowest BCUT2D eigenvalue weighted by atomic mass is 10.2. The van der Waals surface area contributed by atoms with Crippen molar-refractivity contribution in [1.82, 2.24) is 4.98 Å². The Morgan fingerprint density at radius 2 is 1.79 bits per heavy atom. The zero-order valence-corrected chi connectivity index (χ0v) is 11.8. The summed E-state index contributed by atoms with van der Waals surface area (Å²) in [5, 5.41) is 0. The minimum absolute atomic E-state index is 0.155. The van der Waals surface area contributed by atoms with Gasteiger partial charge in [0.05, 0.1) is 12.8 Å². The van der Waals surface area contributed by atoms with Crippen LogP contribution in [-0.4, -0.2) is 41.2 Å². The molecule has 0 spiro atoms. The van der Waals surface area contributed by atoms with Gasteiger partial charge in [-0.1, -0.05) is 0 Å². The van der Waals surface area contributed by atoms with Crippen molar-refractivity contribution in [3.8, 4) is 0 Å². The Morgan fingerprint density at radius 3 is 2.16 bits per heavy atom. The minimum atomic E-state index is -4.92. The molecule has 0 fully saturated rings. The maximum atomic E-state index is 10.4. The molecule has 0 bridgehead atoms. The maximum absolute atomic E-state index is 10.4. The molecule has 0 radical (unpaired) electrons. The number of nitrogens with one attached hydrogen (secondary N) is 1. The van der Waals surface area contributed by atoms with Crippen LogP contribution >= 0.6 is 0 Å². The highest BCUT2D eigenvalue weighted by molar-refractivity contribution is 7.85. The standard InChI is InChI=1S/C8H14N2O3S.H2O4S/c1-10-6-5-9-8(10)4-2-3-7-14(11,12)13;1-5(2,3)4/h5-6H,2-4,7H2,1H3,(H,11,12,13);(H2,1,2,3,4). The van der Waals surface area contributed by atoms with E-state index < -0.39 is 20.5 Å². The number of imidazole rings is 1. The highest BCUT2D eigenvalue weighted by Crippen LogP contribution is 1.99. The number of hydrogen-bond acceptors (Lipinski definition) is 5. The van der Waals surface area contributed by atoms with Crippen LogP contribution in [0.4, 0.5) is 0 Å². The fourth-order valence-corrected chi connectivity index (χ4v) is 1.83. The van der Waals surface area contributed by atoms with E-state index in [-0.39, 0.29) is 5.75 Å². The molecule has 0 unspecified atom stereocenters. The van der Waals surface area contributed by atoms with Crippen molar-refractivity contribution >= 4 is 20.5 Å². The summed E-state index contributed by atoms with van der Waals surface area (Å²) < 4.78 is 64.1. The van der Waals surface area contributed by atoms with Crippen molar-refractivity contribution in [1.29, 1.82) is 0 Å². The van der Waals surface area contributed by atoms with E-state index in [1.165, 1.54) is 0 Å². The molecular formula is C8H16N2O7S2. The van der Waals surface area contributed by atoms with Crippen molar-refractivity contribution < 1.29 is 35.1 Å². The second-order valence-corrected chi connectivity index (χ2v) is 6.12. The summed E-state index contributed by atoms with van der Waals surface area (Å²) in [7, 11) is -6.78. The Morgan fingerprint density at radius 1 is 1.26 bits per heavy atom. The van der Waals surface area contributed by atoms with Gasteiger partial charge in [-0.3, -0.25) is 9.11 Å². The number of aromatic nitrogens is 2. The van der Waals surface area contributed by atoms with E-state index in [0.29, 0.717) is 6.42 Å². The molecule has 19 heavy (non-hydrogen) atoms. The first-order chi connectivity index (χ1) is 8.49. The normalized spacial score (nSPS) is 11.8. The monoisotopic (exact) mass is 316 g/mol. The van der Waals surface area contributed by atoms with Crippen LogP contribution in [0.1, 0.15) is 18.7 Å². The van der Waals surface area contributed by atoms with Crippen molar-refractivity contribution in [2.75, 3.05) is 5.75 Å². The molecule has 112 valence electrons. The molecule has 0 atom stereocenters. The smallest absolute Gasteiger partial charge is 0.264 e. The van der Waals surface area contributed by atoms with Gasteiger partial charge in [0.25, 0.3) is 15.9 Å². The van der Waals surface area contributed by atoms with Gasteiger partial charge in [0, 0.05) is 6.42 Å². The number of aryl methyl sites for hydroxylation is 2. The van der Waals surface area contributed by atoms with Gasteiger partial charge in [-0.25, -0.2) is 18.0 Å². The second kappa shape index (κ2) is 7.55. The van der Waals surface area contributed by atoms with E-state index in [4.69, 9.17) is 22.1 Å². The Hall–Kier alpha value is -1.01. The van der Waals surface area contributed by atoms with Crippen LogP contribution in [0.2, 0.25) is 0 Å². The van der Waals surface area contributed by atoms with Gasteiger partial charge in [-0.15, -0.1) is 0 Å². The molecule has 0 aliphatic heterocycles. The third-order valence-electron chi connectivity index (χ3n) is 2.04. The van der Waals surface area contributed by atoms with Crippen LogP contribution in [0, 0.1) is 0 Å². The molecule has 0 amide bonds. The van der Waals surface area contributed by atoms with Gasteiger partial charge in [0.2, 0.25) is 10.4 Å². The fraction of sp³-hybridized carbons (Fsp3) is 0.625. The van der Waals surface area contributed by atoms with Gasteiger partial charge in [0.15, 0.2) is 0 Å². The van der Waals surface area contributed by atoms with Crippen molar-refractivity contribution in [3.63, 3.8) is 0 Å². The Bertz CT molecular complexity index is 568. The van der Waals surface area contributed by atoms with Crippen LogP contribution in [0.25, 0.3) is 0 Å². The minimum Gasteiger partial charge on any atom is -0.726 e. The molecular weight excluding hydrogens is 300 g/mol. The van der Waals surface area contributed by atoms with Crippen molar-refractivity contribution in [2.24, 2.45) is 7.05 Å². The number of aromatic amines is 1. The Kier molecular flexibility index (Phi) is 7.15. The summed E-state index contributed by atoms with van der Waals surface area (Å²) in [5.41, 5.74) is 0. The molecule has 1 aromatic rings. The molecule has 0 aliphatic rings. The van der Waals surface area contributed by atoms with Gasteiger partial charge in [-0.05, 0) is 12.8 Å². The Balaban J connectivity index is 0.000000555. The highest BCUT2D eigenvalue weighted by atomic mass is 32.3. The second-order valence-electron chi connectivity index (χ2n) is 3.69. The third kappa shape index (κ3) is 13.2. The van der Waals surface area contributed by atoms with Crippen LogP contribution < -0.4 is 4.57 Å². The number of nitrogens with zero attached hydrogens (tertiary/aromatic N) is 1. The zero-order chi connectivity index (χ0) is 15.1. The molecule has 0 aromatic carbocycles. The maximum Gasteiger partial charge on any atom is 0.264 e. The summed E-state index contributed by atoms with van der Waals surface area (Å²) in [6.07, 6.45) is 5.75. The van der Waals surface area contributed by atoms with E-state index >= 15 is 0 Å². The van der Waals surface area contributed by atoms with E-state index in [1.54, 1.807) is 0 Å². The number of unbranched alkanes of at least 4 members (excludes halogenated alkanes) is 1. The molecule has 1 rings (SSSR count). The molecule has 3 N–H and O–H groups in total. The molecule has 9 nitrogen and oxygen atoms in total. The third-order valence-corrected chi connectivity index (χ3v) is 2.84. The fourth-order valence-electron chi connectivity index (χ4n) is 1.26. The summed E-state index contributed by atoms with van der Waals surface area (Å²) >= 11 is 0. The first kappa shape index (κ1) is 18.0. The zero-order valence-electron chi connectivity index (χ0n) is 10.2. The predicted molar refractivity (Wildman–Crippen MR) is 63.6 cm³/mol. The van der Waals surface area contributed by atoms with E-state index in [2.05, 4.69) is 4.98 Å². The van der Waals surface area contributed by atoms with Gasteiger partial charge >= 0.3 is 0 Å². The molecule has 0 aliphatic carbocycles. The van der Waals surface area contributed by atoms with Gasteiger partial charge < -0.3 is 4.55 Å². The lowest BCUT2D eigenvalue weighted by Gasteiger charge is -1.96. The average molecular weight is 316 g/mol. The van der Waals surface area contributed by atoms with Crippen LogP contribution in [0.5, 0.6) is 0 Å². The summed E-state index contributed by atoms with van der Waals surface area (Å²) in [5.74, 6) is 0.901. The number of rotatable bonds is 5. The van der Waals surface area contributed by atoms with Crippen LogP contribution in [0.15, 0.2) is 12.4 Å². The largest absolute Gasteiger partial charge is 0.726 e. The quantitative estimate of drug-likeness (QED) is 0.274. The van der Waals surface area contributed by atoms with Gasteiger partial charge in [-0.2, -0.15) is 8.42 Å². The average Bonchev–Trinajstić information content (AvgIpc) is 2.55. The first-order valence-electron chi connectivity index (χ1n) is 5.14. The summed E-state index contributed by atoms with van der Waals surface area (Å²) in [6.45, 7) is 0. The summed E-state index contributed by atoms with van der Waals surface area (Å²) in [4.78, 5) is 3.05. The van der Waals surface area contributed by atoms with Crippen LogP contribution in [-0.2, 0) is 34.0 Å². The molecule has 0 saturated carbocycles. The lowest BCUT2D eigenvalue weighted by molar-refractivity contribution is -0.677. The first-order valence-corrected chi connectivity index (χ1v) is 8.12. The Labute approximate surface area is 111 Å². The number of H-pyrrole nitrogens is 1. The topological polar surface area (TPSA) is 151 Å². The molecule has 0 saturated heterocycles. The van der Waals surface area contributed by atoms with E-state index in [9.17, 15) is 8.42 Å². The van der Waals surface area contributed by atoms with Crippen molar-refractivity contribution in [3.05, 3.63) is 18.2 Å². The van der Waals surface area contributed by atoms with Crippen molar-refractivity contribution in [2.45, 2.75) is 19.3 Å². The SMILES string of the molecule is C[n+]1cc[nH]c1CCCCS(=O)(=O)O.O=S(=O)([O-])O. The molecule has 1 aromatic heterocycles. The molecule has 1 heterocycles. The van der Waals surface area contributed by atoms with E-state index in [1.807, 2.05) is 24.0 Å².